The smallest absolute Gasteiger partial charge is 0.289 e. The van der Waals surface area contributed by atoms with Crippen LogP contribution < -0.4 is 5.32 Å². The van der Waals surface area contributed by atoms with Gasteiger partial charge in [0, 0.05) is 107 Å². The van der Waals surface area contributed by atoms with E-state index in [1.807, 2.05) is 34.9 Å². The molecule has 6 heterocycles. The van der Waals surface area contributed by atoms with Crippen LogP contribution in [0.25, 0.3) is 10.9 Å². The van der Waals surface area contributed by atoms with E-state index in [0.717, 1.165) is 33.4 Å². The Morgan fingerprint density at radius 2 is 1.80 bits per heavy atom. The van der Waals surface area contributed by atoms with E-state index in [4.69, 9.17) is 4.42 Å². The number of rotatable bonds is 11. The highest BCUT2D eigenvalue weighted by molar-refractivity contribution is 5.94. The molecule has 2 fully saturated rings. The van der Waals surface area contributed by atoms with Gasteiger partial charge < -0.3 is 34.3 Å². The van der Waals surface area contributed by atoms with Crippen molar-refractivity contribution in [2.24, 2.45) is 11.8 Å². The van der Waals surface area contributed by atoms with Gasteiger partial charge in [-0.3, -0.25) is 29.0 Å². The number of fused-ring (bicyclic) bond motifs is 5. The molecular formula is C41H49N7O6. The van der Waals surface area contributed by atoms with E-state index in [-0.39, 0.29) is 48.1 Å². The SMILES string of the molecule is CC[C@]12c3[nH]c4cc(CCC(=O)N(C)C)ccc4c3CCN1C(=O)[C@@H](CC(=O)NCCc1ccccn1)C[C@@H]2C(=O)N1CCN(C(=O)c2ccco2)CC1. The molecule has 54 heavy (non-hydrogen) atoms. The second kappa shape index (κ2) is 15.5. The van der Waals surface area contributed by atoms with Gasteiger partial charge in [-0.15, -0.1) is 0 Å². The molecular weight excluding hydrogens is 686 g/mol. The minimum atomic E-state index is -0.950. The molecule has 0 spiro atoms. The van der Waals surface area contributed by atoms with Gasteiger partial charge in [-0.1, -0.05) is 25.1 Å². The average Bonchev–Trinajstić information content (AvgIpc) is 3.87. The van der Waals surface area contributed by atoms with Gasteiger partial charge in [0.2, 0.25) is 23.6 Å². The maximum Gasteiger partial charge on any atom is 0.289 e. The van der Waals surface area contributed by atoms with Crippen molar-refractivity contribution in [3.05, 3.63) is 89.3 Å². The Balaban J connectivity index is 1.17. The number of aromatic nitrogens is 2. The molecule has 2 saturated heterocycles. The summed E-state index contributed by atoms with van der Waals surface area (Å²) in [5, 5.41) is 4.02. The van der Waals surface area contributed by atoms with E-state index in [1.54, 1.807) is 42.2 Å². The van der Waals surface area contributed by atoms with E-state index >= 15 is 0 Å². The molecule has 13 nitrogen and oxygen atoms in total. The van der Waals surface area contributed by atoms with Crippen molar-refractivity contribution in [1.29, 1.82) is 0 Å². The largest absolute Gasteiger partial charge is 0.459 e. The van der Waals surface area contributed by atoms with Gasteiger partial charge in [-0.05, 0) is 67.1 Å². The average molecular weight is 736 g/mol. The summed E-state index contributed by atoms with van der Waals surface area (Å²) in [4.78, 5) is 83.2. The number of hydrogen-bond acceptors (Lipinski definition) is 7. The molecule has 0 saturated carbocycles. The van der Waals surface area contributed by atoms with Crippen molar-refractivity contribution in [3.63, 3.8) is 0 Å². The summed E-state index contributed by atoms with van der Waals surface area (Å²) in [5.74, 6) is -1.58. The van der Waals surface area contributed by atoms with Gasteiger partial charge in [0.25, 0.3) is 5.91 Å². The molecule has 5 amide bonds. The second-order valence-corrected chi connectivity index (χ2v) is 14.9. The molecule has 13 heteroatoms. The Morgan fingerprint density at radius 1 is 1.00 bits per heavy atom. The van der Waals surface area contributed by atoms with Gasteiger partial charge in [-0.2, -0.15) is 0 Å². The number of carbonyl (C=O) groups excluding carboxylic acids is 5. The molecule has 3 aliphatic rings. The van der Waals surface area contributed by atoms with Crippen LogP contribution in [-0.4, -0.2) is 112 Å². The molecule has 7 rings (SSSR count). The molecule has 0 unspecified atom stereocenters. The number of aryl methyl sites for hydroxylation is 1. The second-order valence-electron chi connectivity index (χ2n) is 14.9. The van der Waals surface area contributed by atoms with Gasteiger partial charge in [0.15, 0.2) is 5.76 Å². The summed E-state index contributed by atoms with van der Waals surface area (Å²) in [5.41, 5.74) is 3.85. The number of piperazine rings is 1. The first-order valence-corrected chi connectivity index (χ1v) is 19.0. The Labute approximate surface area is 315 Å². The minimum absolute atomic E-state index is 0.0128. The summed E-state index contributed by atoms with van der Waals surface area (Å²) in [6, 6.07) is 15.2. The highest BCUT2D eigenvalue weighted by atomic mass is 16.3. The highest BCUT2D eigenvalue weighted by Crippen LogP contribution is 2.52. The van der Waals surface area contributed by atoms with E-state index in [2.05, 4.69) is 33.5 Å². The van der Waals surface area contributed by atoms with Crippen LogP contribution in [0, 0.1) is 11.8 Å². The zero-order valence-corrected chi connectivity index (χ0v) is 31.3. The fraction of sp³-hybridized carbons (Fsp3) is 0.463. The number of benzene rings is 1. The third-order valence-electron chi connectivity index (χ3n) is 11.6. The first-order valence-electron chi connectivity index (χ1n) is 19.0. The number of piperidine rings is 1. The predicted octanol–water partition coefficient (Wildman–Crippen LogP) is 3.54. The number of furan rings is 1. The molecule has 4 aromatic rings. The summed E-state index contributed by atoms with van der Waals surface area (Å²) in [6.45, 7) is 4.28. The molecule has 2 N–H and O–H groups in total. The van der Waals surface area contributed by atoms with Crippen molar-refractivity contribution < 1.29 is 28.4 Å². The molecule has 0 radical (unpaired) electrons. The first-order chi connectivity index (χ1) is 26.1. The van der Waals surface area contributed by atoms with E-state index in [9.17, 15) is 24.0 Å². The van der Waals surface area contributed by atoms with Crippen LogP contribution in [-0.2, 0) is 44.0 Å². The number of nitrogens with zero attached hydrogens (tertiary/aromatic N) is 5. The van der Waals surface area contributed by atoms with Gasteiger partial charge in [0.05, 0.1) is 17.7 Å². The molecule has 0 bridgehead atoms. The monoisotopic (exact) mass is 735 g/mol. The standard InChI is InChI=1S/C41H49N7O6/c1-4-41-32(39(52)46-19-21-47(22-20-46)40(53)34-9-7-23-54-34)25-28(26-35(49)43-17-14-29-8-5-6-16-42-29)38(51)48(41)18-15-31-30-12-10-27(11-13-36(50)45(2)3)24-33(30)44-37(31)41/h5-10,12,16,23-24,28,32,44H,4,11,13-15,17-22,25-26H2,1-3H3,(H,43,49)/t28-,32-,41+/m1/s1. The Bertz CT molecular complexity index is 2020. The number of nitrogens with one attached hydrogen (secondary N) is 2. The van der Waals surface area contributed by atoms with Crippen LogP contribution in [0.1, 0.15) is 65.7 Å². The quantitative estimate of drug-likeness (QED) is 0.239. The van der Waals surface area contributed by atoms with Crippen LogP contribution >= 0.6 is 0 Å². The number of pyridine rings is 1. The van der Waals surface area contributed by atoms with Crippen LogP contribution in [0.3, 0.4) is 0 Å². The summed E-state index contributed by atoms with van der Waals surface area (Å²) < 4.78 is 5.34. The predicted molar refractivity (Wildman–Crippen MR) is 201 cm³/mol. The third kappa shape index (κ3) is 6.99. The fourth-order valence-corrected chi connectivity index (χ4v) is 8.76. The lowest BCUT2D eigenvalue weighted by Crippen LogP contribution is -2.66. The topological polar surface area (TPSA) is 152 Å². The zero-order chi connectivity index (χ0) is 38.0. The Kier molecular flexibility index (Phi) is 10.6. The Morgan fingerprint density at radius 3 is 2.50 bits per heavy atom. The number of aromatic amines is 1. The minimum Gasteiger partial charge on any atom is -0.459 e. The molecule has 284 valence electrons. The number of hydrogen-bond donors (Lipinski definition) is 2. The van der Waals surface area contributed by atoms with E-state index in [1.165, 1.54) is 6.26 Å². The van der Waals surface area contributed by atoms with Crippen LogP contribution in [0.2, 0.25) is 0 Å². The van der Waals surface area contributed by atoms with Crippen molar-refractivity contribution in [2.45, 2.75) is 57.4 Å². The normalized spacial score (nSPS) is 21.1. The van der Waals surface area contributed by atoms with Gasteiger partial charge in [0.1, 0.15) is 0 Å². The molecule has 1 aromatic carbocycles. The lowest BCUT2D eigenvalue weighted by atomic mass is 9.65. The number of amides is 5. The van der Waals surface area contributed by atoms with Crippen LogP contribution in [0.5, 0.6) is 0 Å². The third-order valence-corrected chi connectivity index (χ3v) is 11.6. The summed E-state index contributed by atoms with van der Waals surface area (Å²) >= 11 is 0. The first kappa shape index (κ1) is 36.9. The van der Waals surface area contributed by atoms with Crippen LogP contribution in [0.15, 0.2) is 65.4 Å². The summed E-state index contributed by atoms with van der Waals surface area (Å²) in [7, 11) is 3.51. The van der Waals surface area contributed by atoms with Gasteiger partial charge in [-0.25, -0.2) is 0 Å². The highest BCUT2D eigenvalue weighted by Gasteiger charge is 2.59. The zero-order valence-electron chi connectivity index (χ0n) is 31.3. The summed E-state index contributed by atoms with van der Waals surface area (Å²) in [6.07, 6.45) is 6.09. The van der Waals surface area contributed by atoms with Crippen molar-refractivity contribution >= 4 is 40.4 Å². The maximum atomic E-state index is 14.9. The van der Waals surface area contributed by atoms with Crippen molar-refractivity contribution in [2.75, 3.05) is 53.4 Å². The van der Waals surface area contributed by atoms with Crippen molar-refractivity contribution in [1.82, 2.24) is 34.9 Å². The number of H-pyrrole nitrogens is 1. The van der Waals surface area contributed by atoms with E-state index < -0.39 is 17.4 Å². The van der Waals surface area contributed by atoms with Gasteiger partial charge >= 0.3 is 0 Å². The molecule has 3 aliphatic heterocycles. The lowest BCUT2D eigenvalue weighted by molar-refractivity contribution is -0.167. The van der Waals surface area contributed by atoms with E-state index in [0.29, 0.717) is 71.4 Å². The fourth-order valence-electron chi connectivity index (χ4n) is 8.76. The Hall–Kier alpha value is -5.46. The van der Waals surface area contributed by atoms with Crippen molar-refractivity contribution in [3.8, 4) is 0 Å². The lowest BCUT2D eigenvalue weighted by Gasteiger charge is -2.56. The maximum absolute atomic E-state index is 14.9. The van der Waals surface area contributed by atoms with Crippen LogP contribution in [0.4, 0.5) is 0 Å². The molecule has 3 aromatic heterocycles. The molecule has 0 aliphatic carbocycles. The number of carbonyl (C=O) groups is 5. The molecule has 3 atom stereocenters.